The SMILES string of the molecule is CCC1CCC(C)N1C(CN)C(C)COC. The monoisotopic (exact) mass is 228 g/mol. The summed E-state index contributed by atoms with van der Waals surface area (Å²) in [7, 11) is 1.77. The Balaban J connectivity index is 2.69. The molecule has 0 aromatic rings. The third kappa shape index (κ3) is 2.96. The van der Waals surface area contributed by atoms with E-state index in [0.29, 0.717) is 18.0 Å². The molecule has 1 aliphatic rings. The molecule has 4 unspecified atom stereocenters. The van der Waals surface area contributed by atoms with Crippen LogP contribution in [0, 0.1) is 5.92 Å². The first-order chi connectivity index (χ1) is 7.65. The average molecular weight is 228 g/mol. The molecule has 1 rings (SSSR count). The molecule has 16 heavy (non-hydrogen) atoms. The second-order valence-corrected chi connectivity index (χ2v) is 5.17. The van der Waals surface area contributed by atoms with Crippen LogP contribution >= 0.6 is 0 Å². The molecule has 96 valence electrons. The van der Waals surface area contributed by atoms with E-state index in [1.54, 1.807) is 7.11 Å². The number of nitrogens with zero attached hydrogens (tertiary/aromatic N) is 1. The highest BCUT2D eigenvalue weighted by atomic mass is 16.5. The van der Waals surface area contributed by atoms with Crippen molar-refractivity contribution in [3.8, 4) is 0 Å². The van der Waals surface area contributed by atoms with Gasteiger partial charge in [-0.2, -0.15) is 0 Å². The summed E-state index contributed by atoms with van der Waals surface area (Å²) in [5.41, 5.74) is 5.97. The van der Waals surface area contributed by atoms with E-state index < -0.39 is 0 Å². The molecule has 4 atom stereocenters. The number of hydrogen-bond donors (Lipinski definition) is 1. The first-order valence-electron chi connectivity index (χ1n) is 6.62. The normalized spacial score (nSPS) is 30.6. The number of methoxy groups -OCH3 is 1. The number of rotatable bonds is 6. The lowest BCUT2D eigenvalue weighted by atomic mass is 9.99. The molecular weight excluding hydrogens is 200 g/mol. The fourth-order valence-corrected chi connectivity index (χ4v) is 3.13. The maximum absolute atomic E-state index is 5.97. The van der Waals surface area contributed by atoms with E-state index in [2.05, 4.69) is 25.7 Å². The minimum atomic E-state index is 0.474. The molecule has 0 aliphatic carbocycles. The summed E-state index contributed by atoms with van der Waals surface area (Å²) in [6.07, 6.45) is 3.88. The molecule has 0 amide bonds. The smallest absolute Gasteiger partial charge is 0.0503 e. The second kappa shape index (κ2) is 6.58. The fraction of sp³-hybridized carbons (Fsp3) is 1.00. The van der Waals surface area contributed by atoms with Crippen LogP contribution in [0.5, 0.6) is 0 Å². The van der Waals surface area contributed by atoms with Gasteiger partial charge < -0.3 is 10.5 Å². The van der Waals surface area contributed by atoms with Gasteiger partial charge in [-0.1, -0.05) is 13.8 Å². The van der Waals surface area contributed by atoms with Gasteiger partial charge in [0.1, 0.15) is 0 Å². The molecule has 0 saturated carbocycles. The Labute approximate surface area is 100 Å². The van der Waals surface area contributed by atoms with Crippen molar-refractivity contribution < 1.29 is 4.74 Å². The van der Waals surface area contributed by atoms with E-state index in [1.165, 1.54) is 19.3 Å². The summed E-state index contributed by atoms with van der Waals surface area (Å²) in [6.45, 7) is 8.41. The van der Waals surface area contributed by atoms with Crippen molar-refractivity contribution in [3.05, 3.63) is 0 Å². The van der Waals surface area contributed by atoms with Crippen LogP contribution in [0.15, 0.2) is 0 Å². The lowest BCUT2D eigenvalue weighted by Crippen LogP contribution is -2.50. The highest BCUT2D eigenvalue weighted by Crippen LogP contribution is 2.30. The molecule has 1 aliphatic heterocycles. The van der Waals surface area contributed by atoms with Gasteiger partial charge in [-0.3, -0.25) is 4.90 Å². The molecule has 1 saturated heterocycles. The van der Waals surface area contributed by atoms with Crippen LogP contribution in [-0.2, 0) is 4.74 Å². The van der Waals surface area contributed by atoms with Gasteiger partial charge in [0.15, 0.2) is 0 Å². The third-order valence-corrected chi connectivity index (χ3v) is 4.03. The molecule has 1 heterocycles. The van der Waals surface area contributed by atoms with Crippen molar-refractivity contribution in [1.82, 2.24) is 4.90 Å². The van der Waals surface area contributed by atoms with Crippen LogP contribution in [0.25, 0.3) is 0 Å². The quantitative estimate of drug-likeness (QED) is 0.754. The molecule has 3 nitrogen and oxygen atoms in total. The molecule has 1 fully saturated rings. The van der Waals surface area contributed by atoms with Crippen molar-refractivity contribution in [2.24, 2.45) is 11.7 Å². The van der Waals surface area contributed by atoms with Crippen molar-refractivity contribution >= 4 is 0 Å². The van der Waals surface area contributed by atoms with Crippen LogP contribution in [0.1, 0.15) is 40.0 Å². The summed E-state index contributed by atoms with van der Waals surface area (Å²) >= 11 is 0. The summed E-state index contributed by atoms with van der Waals surface area (Å²) in [5, 5.41) is 0. The van der Waals surface area contributed by atoms with E-state index in [-0.39, 0.29) is 0 Å². The number of likely N-dealkylation sites (tertiary alicyclic amines) is 1. The fourth-order valence-electron chi connectivity index (χ4n) is 3.13. The lowest BCUT2D eigenvalue weighted by molar-refractivity contribution is 0.0572. The van der Waals surface area contributed by atoms with Gasteiger partial charge in [0, 0.05) is 31.8 Å². The number of hydrogen-bond acceptors (Lipinski definition) is 3. The largest absolute Gasteiger partial charge is 0.384 e. The van der Waals surface area contributed by atoms with Crippen molar-refractivity contribution in [1.29, 1.82) is 0 Å². The number of ether oxygens (including phenoxy) is 1. The Hall–Kier alpha value is -0.120. The second-order valence-electron chi connectivity index (χ2n) is 5.17. The standard InChI is InChI=1S/C13H28N2O/c1-5-12-7-6-11(3)15(12)13(8-14)10(2)9-16-4/h10-13H,5-9,14H2,1-4H3. The topological polar surface area (TPSA) is 38.5 Å². The maximum Gasteiger partial charge on any atom is 0.0503 e. The molecule has 2 N–H and O–H groups in total. The molecule has 0 spiro atoms. The van der Waals surface area contributed by atoms with Crippen LogP contribution in [0.3, 0.4) is 0 Å². The summed E-state index contributed by atoms with van der Waals surface area (Å²) in [4.78, 5) is 2.64. The van der Waals surface area contributed by atoms with Crippen molar-refractivity contribution in [2.75, 3.05) is 20.3 Å². The van der Waals surface area contributed by atoms with Crippen LogP contribution in [0.4, 0.5) is 0 Å². The molecular formula is C13H28N2O. The first kappa shape index (κ1) is 13.9. The van der Waals surface area contributed by atoms with Gasteiger partial charge in [-0.25, -0.2) is 0 Å². The van der Waals surface area contributed by atoms with Gasteiger partial charge in [0.05, 0.1) is 6.61 Å². The molecule has 0 aromatic carbocycles. The average Bonchev–Trinajstić information content (AvgIpc) is 2.62. The Morgan fingerprint density at radius 3 is 2.62 bits per heavy atom. The Kier molecular flexibility index (Phi) is 5.73. The van der Waals surface area contributed by atoms with E-state index in [1.807, 2.05) is 0 Å². The van der Waals surface area contributed by atoms with Gasteiger partial charge >= 0.3 is 0 Å². The van der Waals surface area contributed by atoms with E-state index in [4.69, 9.17) is 10.5 Å². The zero-order valence-electron chi connectivity index (χ0n) is 11.3. The van der Waals surface area contributed by atoms with Gasteiger partial charge in [0.25, 0.3) is 0 Å². The van der Waals surface area contributed by atoms with Crippen LogP contribution < -0.4 is 5.73 Å². The summed E-state index contributed by atoms with van der Waals surface area (Å²) in [5.74, 6) is 0.518. The summed E-state index contributed by atoms with van der Waals surface area (Å²) < 4.78 is 5.27. The molecule has 0 aromatic heterocycles. The lowest BCUT2D eigenvalue weighted by Gasteiger charge is -2.38. The highest BCUT2D eigenvalue weighted by molar-refractivity contribution is 4.91. The van der Waals surface area contributed by atoms with Crippen LogP contribution in [-0.4, -0.2) is 43.3 Å². The summed E-state index contributed by atoms with van der Waals surface area (Å²) in [6, 6.07) is 1.88. The van der Waals surface area contributed by atoms with Crippen molar-refractivity contribution in [2.45, 2.75) is 58.2 Å². The minimum Gasteiger partial charge on any atom is -0.384 e. The Morgan fingerprint density at radius 2 is 2.12 bits per heavy atom. The third-order valence-electron chi connectivity index (χ3n) is 4.03. The number of nitrogens with two attached hydrogens (primary N) is 1. The van der Waals surface area contributed by atoms with Crippen molar-refractivity contribution in [3.63, 3.8) is 0 Å². The molecule has 0 radical (unpaired) electrons. The van der Waals surface area contributed by atoms with Gasteiger partial charge in [0.2, 0.25) is 0 Å². The Bertz CT molecular complexity index is 198. The minimum absolute atomic E-state index is 0.474. The van der Waals surface area contributed by atoms with Crippen LogP contribution in [0.2, 0.25) is 0 Å². The highest BCUT2D eigenvalue weighted by Gasteiger charge is 2.36. The van der Waals surface area contributed by atoms with Gasteiger partial charge in [-0.15, -0.1) is 0 Å². The zero-order valence-corrected chi connectivity index (χ0v) is 11.3. The van der Waals surface area contributed by atoms with E-state index >= 15 is 0 Å². The maximum atomic E-state index is 5.97. The van der Waals surface area contributed by atoms with E-state index in [9.17, 15) is 0 Å². The zero-order chi connectivity index (χ0) is 12.1. The predicted molar refractivity (Wildman–Crippen MR) is 68.5 cm³/mol. The van der Waals surface area contributed by atoms with E-state index in [0.717, 1.165) is 19.2 Å². The van der Waals surface area contributed by atoms with Gasteiger partial charge in [-0.05, 0) is 32.1 Å². The molecule has 3 heteroatoms. The predicted octanol–water partition coefficient (Wildman–Crippen LogP) is 1.86. The first-order valence-corrected chi connectivity index (χ1v) is 6.62. The molecule has 0 bridgehead atoms. The Morgan fingerprint density at radius 1 is 1.44 bits per heavy atom.